The zero-order valence-corrected chi connectivity index (χ0v) is 10.3. The zero-order valence-electron chi connectivity index (χ0n) is 9.43. The number of sulfonamides is 1. The fraction of sp³-hybridized carbons (Fsp3) is 0.300. The quantitative estimate of drug-likeness (QED) is 0.661. The van der Waals surface area contributed by atoms with Crippen molar-refractivity contribution in [1.82, 2.24) is 4.72 Å². The lowest BCUT2D eigenvalue weighted by Gasteiger charge is -2.06. The highest BCUT2D eigenvalue weighted by atomic mass is 32.2. The van der Waals surface area contributed by atoms with Gasteiger partial charge in [-0.15, -0.1) is 0 Å². The summed E-state index contributed by atoms with van der Waals surface area (Å²) in [5.74, 6) is -0.477. The minimum absolute atomic E-state index is 0.0132. The van der Waals surface area contributed by atoms with Crippen molar-refractivity contribution in [2.45, 2.75) is 11.8 Å². The lowest BCUT2D eigenvalue weighted by atomic mass is 10.3. The van der Waals surface area contributed by atoms with Crippen LogP contribution in [0, 0.1) is 0 Å². The van der Waals surface area contributed by atoms with E-state index in [4.69, 9.17) is 5.73 Å². The highest BCUT2D eigenvalue weighted by Crippen LogP contribution is 2.13. The molecule has 0 spiro atoms. The molecule has 0 saturated heterocycles. The van der Waals surface area contributed by atoms with Crippen LogP contribution in [0.3, 0.4) is 0 Å². The number of benzene rings is 1. The van der Waals surface area contributed by atoms with E-state index in [0.29, 0.717) is 12.2 Å². The molecule has 0 saturated carbocycles. The Labute approximate surface area is 100 Å². The van der Waals surface area contributed by atoms with Crippen LogP contribution >= 0.6 is 0 Å². The van der Waals surface area contributed by atoms with E-state index in [2.05, 4.69) is 10.0 Å². The average molecular weight is 257 g/mol. The molecule has 0 heterocycles. The van der Waals surface area contributed by atoms with Crippen LogP contribution in [0.5, 0.6) is 0 Å². The van der Waals surface area contributed by atoms with Gasteiger partial charge in [-0.3, -0.25) is 4.79 Å². The summed E-state index contributed by atoms with van der Waals surface area (Å²) in [6, 6.07) is 6.07. The number of nitrogens with one attached hydrogen (secondary N) is 2. The second-order valence-corrected chi connectivity index (χ2v) is 5.11. The van der Waals surface area contributed by atoms with Gasteiger partial charge in [0.1, 0.15) is 0 Å². The Morgan fingerprint density at radius 1 is 1.29 bits per heavy atom. The van der Waals surface area contributed by atoms with Crippen molar-refractivity contribution < 1.29 is 13.2 Å². The minimum Gasteiger partial charge on any atom is -0.376 e. The van der Waals surface area contributed by atoms with Crippen LogP contribution in [0.1, 0.15) is 6.92 Å². The van der Waals surface area contributed by atoms with E-state index in [1.165, 1.54) is 12.1 Å². The summed E-state index contributed by atoms with van der Waals surface area (Å²) in [6.07, 6.45) is 0. The van der Waals surface area contributed by atoms with Crippen molar-refractivity contribution in [3.63, 3.8) is 0 Å². The molecule has 0 unspecified atom stereocenters. The molecule has 0 fully saturated rings. The molecule has 0 radical (unpaired) electrons. The Morgan fingerprint density at radius 3 is 2.35 bits per heavy atom. The Morgan fingerprint density at radius 2 is 1.88 bits per heavy atom. The Kier molecular flexibility index (Phi) is 4.47. The number of carbonyl (C=O) groups excluding carboxylic acids is 1. The monoisotopic (exact) mass is 257 g/mol. The maximum atomic E-state index is 11.6. The molecule has 1 rings (SSSR count). The fourth-order valence-corrected chi connectivity index (χ4v) is 2.26. The molecule has 94 valence electrons. The average Bonchev–Trinajstić information content (AvgIpc) is 2.27. The largest absolute Gasteiger partial charge is 0.376 e. The molecule has 0 aliphatic heterocycles. The van der Waals surface area contributed by atoms with Crippen LogP contribution < -0.4 is 15.8 Å². The van der Waals surface area contributed by atoms with E-state index in [1.54, 1.807) is 19.1 Å². The number of primary amides is 1. The number of rotatable bonds is 6. The van der Waals surface area contributed by atoms with E-state index in [0.717, 1.165) is 0 Å². The predicted molar refractivity (Wildman–Crippen MR) is 65.0 cm³/mol. The summed E-state index contributed by atoms with van der Waals surface area (Å²) in [5.41, 5.74) is 5.61. The van der Waals surface area contributed by atoms with Gasteiger partial charge in [-0.05, 0) is 24.3 Å². The van der Waals surface area contributed by atoms with Crippen molar-refractivity contribution >= 4 is 21.6 Å². The third kappa shape index (κ3) is 4.04. The van der Waals surface area contributed by atoms with E-state index in [1.807, 2.05) is 0 Å². The lowest BCUT2D eigenvalue weighted by molar-refractivity contribution is -0.116. The highest BCUT2D eigenvalue weighted by molar-refractivity contribution is 7.89. The first-order valence-corrected chi connectivity index (χ1v) is 6.56. The standard InChI is InChI=1S/C10H15N3O3S/c1-2-13-17(15,16)9-5-3-8(4-6-9)12-7-10(11)14/h3-6,12-13H,2,7H2,1H3,(H2,11,14). The zero-order chi connectivity index (χ0) is 12.9. The van der Waals surface area contributed by atoms with Crippen molar-refractivity contribution in [3.05, 3.63) is 24.3 Å². The molecule has 1 amide bonds. The first-order valence-electron chi connectivity index (χ1n) is 5.07. The summed E-state index contributed by atoms with van der Waals surface area (Å²) in [5, 5.41) is 2.76. The molecule has 0 aliphatic carbocycles. The minimum atomic E-state index is -3.43. The smallest absolute Gasteiger partial charge is 0.240 e. The summed E-state index contributed by atoms with van der Waals surface area (Å²) in [6.45, 7) is 2.06. The van der Waals surface area contributed by atoms with Gasteiger partial charge >= 0.3 is 0 Å². The van der Waals surface area contributed by atoms with Gasteiger partial charge in [0.05, 0.1) is 11.4 Å². The van der Waals surface area contributed by atoms with E-state index >= 15 is 0 Å². The van der Waals surface area contributed by atoms with Gasteiger partial charge in [-0.1, -0.05) is 6.92 Å². The van der Waals surface area contributed by atoms with Gasteiger partial charge in [-0.25, -0.2) is 13.1 Å². The summed E-state index contributed by atoms with van der Waals surface area (Å²) in [4.78, 5) is 10.7. The van der Waals surface area contributed by atoms with Gasteiger partial charge < -0.3 is 11.1 Å². The molecule has 0 atom stereocenters. The van der Waals surface area contributed by atoms with Gasteiger partial charge in [0.15, 0.2) is 0 Å². The van der Waals surface area contributed by atoms with Crippen molar-refractivity contribution in [2.75, 3.05) is 18.4 Å². The third-order valence-electron chi connectivity index (χ3n) is 1.97. The molecule has 1 aromatic carbocycles. The third-order valence-corrected chi connectivity index (χ3v) is 3.53. The molecule has 4 N–H and O–H groups in total. The van der Waals surface area contributed by atoms with Crippen LogP contribution in [0.25, 0.3) is 0 Å². The molecule has 0 bridgehead atoms. The van der Waals surface area contributed by atoms with E-state index < -0.39 is 15.9 Å². The SMILES string of the molecule is CCNS(=O)(=O)c1ccc(NCC(N)=O)cc1. The number of anilines is 1. The van der Waals surface area contributed by atoms with Crippen molar-refractivity contribution in [1.29, 1.82) is 0 Å². The molecule has 0 aliphatic rings. The number of carbonyl (C=O) groups is 1. The summed E-state index contributed by atoms with van der Waals surface area (Å²) >= 11 is 0. The second-order valence-electron chi connectivity index (χ2n) is 3.35. The van der Waals surface area contributed by atoms with Gasteiger partial charge in [-0.2, -0.15) is 0 Å². The molecule has 0 aromatic heterocycles. The van der Waals surface area contributed by atoms with Crippen LogP contribution in [0.15, 0.2) is 29.2 Å². The summed E-state index contributed by atoms with van der Waals surface area (Å²) < 4.78 is 25.6. The molecular weight excluding hydrogens is 242 g/mol. The number of hydrogen-bond acceptors (Lipinski definition) is 4. The van der Waals surface area contributed by atoms with Crippen LogP contribution in [0.2, 0.25) is 0 Å². The van der Waals surface area contributed by atoms with Crippen LogP contribution in [-0.4, -0.2) is 27.4 Å². The number of amides is 1. The number of hydrogen-bond donors (Lipinski definition) is 3. The fourth-order valence-electron chi connectivity index (χ4n) is 1.21. The van der Waals surface area contributed by atoms with Crippen LogP contribution in [0.4, 0.5) is 5.69 Å². The Bertz CT molecular complexity index is 482. The Hall–Kier alpha value is -1.60. The van der Waals surface area contributed by atoms with Gasteiger partial charge in [0.25, 0.3) is 0 Å². The molecule has 1 aromatic rings. The van der Waals surface area contributed by atoms with Crippen LogP contribution in [-0.2, 0) is 14.8 Å². The van der Waals surface area contributed by atoms with Gasteiger partial charge in [0.2, 0.25) is 15.9 Å². The maximum Gasteiger partial charge on any atom is 0.240 e. The lowest BCUT2D eigenvalue weighted by Crippen LogP contribution is -2.23. The van der Waals surface area contributed by atoms with Crippen molar-refractivity contribution in [2.24, 2.45) is 5.73 Å². The maximum absolute atomic E-state index is 11.6. The molecule has 6 nitrogen and oxygen atoms in total. The van der Waals surface area contributed by atoms with Crippen molar-refractivity contribution in [3.8, 4) is 0 Å². The van der Waals surface area contributed by atoms with Gasteiger partial charge in [0, 0.05) is 12.2 Å². The summed E-state index contributed by atoms with van der Waals surface area (Å²) in [7, 11) is -3.43. The predicted octanol–water partition coefficient (Wildman–Crippen LogP) is -0.118. The second kappa shape index (κ2) is 5.65. The molecular formula is C10H15N3O3S. The molecule has 17 heavy (non-hydrogen) atoms. The first kappa shape index (κ1) is 13.5. The number of nitrogens with two attached hydrogens (primary N) is 1. The van der Waals surface area contributed by atoms with E-state index in [9.17, 15) is 13.2 Å². The topological polar surface area (TPSA) is 101 Å². The van der Waals surface area contributed by atoms with E-state index in [-0.39, 0.29) is 11.4 Å². The molecule has 7 heteroatoms. The Balaban J connectivity index is 2.78. The first-order chi connectivity index (χ1) is 7.95. The normalized spacial score (nSPS) is 11.1. The highest BCUT2D eigenvalue weighted by Gasteiger charge is 2.11.